The van der Waals surface area contributed by atoms with Crippen molar-refractivity contribution in [1.29, 1.82) is 0 Å². The Morgan fingerprint density at radius 1 is 1.08 bits per heavy atom. The Morgan fingerprint density at radius 2 is 1.81 bits per heavy atom. The zero-order chi connectivity index (χ0) is 18.9. The second-order valence-corrected chi connectivity index (χ2v) is 6.37. The second kappa shape index (κ2) is 9.82. The van der Waals surface area contributed by atoms with Crippen LogP contribution in [-0.4, -0.2) is 31.6 Å². The first-order valence-corrected chi connectivity index (χ1v) is 8.68. The van der Waals surface area contributed by atoms with Crippen molar-refractivity contribution in [3.8, 4) is 5.75 Å². The van der Waals surface area contributed by atoms with Crippen molar-refractivity contribution in [2.45, 2.75) is 20.3 Å². The van der Waals surface area contributed by atoms with Gasteiger partial charge in [0.25, 0.3) is 5.91 Å². The lowest BCUT2D eigenvalue weighted by molar-refractivity contribution is -0.147. The molecule has 0 aliphatic rings. The molecule has 0 fully saturated rings. The number of carbonyl (C=O) groups excluding carboxylic acids is 2. The highest BCUT2D eigenvalue weighted by molar-refractivity contribution is 6.30. The number of esters is 1. The molecule has 0 heterocycles. The molecule has 0 unspecified atom stereocenters. The predicted molar refractivity (Wildman–Crippen MR) is 101 cm³/mol. The van der Waals surface area contributed by atoms with E-state index in [1.165, 1.54) is 5.56 Å². The molecule has 2 rings (SSSR count). The van der Waals surface area contributed by atoms with Gasteiger partial charge in [-0.25, -0.2) is 0 Å². The fourth-order valence-corrected chi connectivity index (χ4v) is 2.46. The Kier molecular flexibility index (Phi) is 7.48. The van der Waals surface area contributed by atoms with Crippen LogP contribution >= 0.6 is 11.6 Å². The van der Waals surface area contributed by atoms with Crippen LogP contribution in [0.15, 0.2) is 42.5 Å². The molecule has 0 spiro atoms. The topological polar surface area (TPSA) is 64.6 Å². The molecule has 0 bridgehead atoms. The van der Waals surface area contributed by atoms with Crippen LogP contribution in [0.5, 0.6) is 5.75 Å². The molecule has 0 atom stereocenters. The summed E-state index contributed by atoms with van der Waals surface area (Å²) >= 11 is 5.79. The van der Waals surface area contributed by atoms with E-state index >= 15 is 0 Å². The monoisotopic (exact) mass is 375 g/mol. The van der Waals surface area contributed by atoms with Gasteiger partial charge in [0.1, 0.15) is 12.4 Å². The van der Waals surface area contributed by atoms with E-state index in [2.05, 4.69) is 5.32 Å². The van der Waals surface area contributed by atoms with E-state index in [9.17, 15) is 9.59 Å². The third-order valence-electron chi connectivity index (χ3n) is 3.64. The summed E-state index contributed by atoms with van der Waals surface area (Å²) in [6, 6.07) is 12.8. The van der Waals surface area contributed by atoms with Crippen LogP contribution in [0.2, 0.25) is 5.02 Å². The standard InChI is InChI=1S/C20H22ClNO4/c1-14-3-8-18(15(2)11-14)25-10-9-22-19(23)13-26-20(24)12-16-4-6-17(21)7-5-16/h3-8,11H,9-10,12-13H2,1-2H3,(H,22,23). The van der Waals surface area contributed by atoms with Crippen molar-refractivity contribution < 1.29 is 19.1 Å². The maximum Gasteiger partial charge on any atom is 0.310 e. The summed E-state index contributed by atoms with van der Waals surface area (Å²) < 4.78 is 10.6. The quantitative estimate of drug-likeness (QED) is 0.568. The maximum atomic E-state index is 11.7. The molecule has 1 N–H and O–H groups in total. The van der Waals surface area contributed by atoms with E-state index < -0.39 is 5.97 Å². The lowest BCUT2D eigenvalue weighted by Gasteiger charge is -2.10. The molecule has 0 saturated carbocycles. The summed E-state index contributed by atoms with van der Waals surface area (Å²) in [5.74, 6) is -0.0353. The van der Waals surface area contributed by atoms with Gasteiger partial charge in [-0.05, 0) is 43.2 Å². The van der Waals surface area contributed by atoms with E-state index in [0.29, 0.717) is 18.2 Å². The van der Waals surface area contributed by atoms with E-state index in [1.54, 1.807) is 24.3 Å². The minimum absolute atomic E-state index is 0.0975. The molecule has 0 aromatic heterocycles. The van der Waals surface area contributed by atoms with Crippen molar-refractivity contribution in [1.82, 2.24) is 5.32 Å². The number of hydrogen-bond acceptors (Lipinski definition) is 4. The summed E-state index contributed by atoms with van der Waals surface area (Å²) in [7, 11) is 0. The summed E-state index contributed by atoms with van der Waals surface area (Å²) in [5, 5.41) is 3.25. The molecule has 2 aromatic carbocycles. The Labute approximate surface area is 158 Å². The summed E-state index contributed by atoms with van der Waals surface area (Å²) in [6.45, 7) is 4.36. The summed E-state index contributed by atoms with van der Waals surface area (Å²) in [5.41, 5.74) is 3.00. The Bertz CT molecular complexity index is 759. The van der Waals surface area contributed by atoms with E-state index in [4.69, 9.17) is 21.1 Å². The Hall–Kier alpha value is -2.53. The van der Waals surface area contributed by atoms with Gasteiger partial charge in [-0.3, -0.25) is 9.59 Å². The minimum atomic E-state index is -0.464. The molecular formula is C20H22ClNO4. The molecule has 5 nitrogen and oxygen atoms in total. The third-order valence-corrected chi connectivity index (χ3v) is 3.89. The van der Waals surface area contributed by atoms with E-state index in [1.807, 2.05) is 32.0 Å². The average Bonchev–Trinajstić information content (AvgIpc) is 2.60. The molecule has 1 amide bonds. The van der Waals surface area contributed by atoms with Gasteiger partial charge in [-0.15, -0.1) is 0 Å². The van der Waals surface area contributed by atoms with Crippen LogP contribution in [0.4, 0.5) is 0 Å². The number of ether oxygens (including phenoxy) is 2. The Balaban J connectivity index is 1.62. The van der Waals surface area contributed by atoms with Crippen molar-refractivity contribution in [2.24, 2.45) is 0 Å². The molecular weight excluding hydrogens is 354 g/mol. The minimum Gasteiger partial charge on any atom is -0.491 e. The van der Waals surface area contributed by atoms with Crippen molar-refractivity contribution in [3.05, 3.63) is 64.2 Å². The number of amides is 1. The zero-order valence-corrected chi connectivity index (χ0v) is 15.6. The van der Waals surface area contributed by atoms with Gasteiger partial charge in [-0.1, -0.05) is 41.4 Å². The van der Waals surface area contributed by atoms with Crippen LogP contribution in [-0.2, 0) is 20.7 Å². The number of rotatable bonds is 8. The first kappa shape index (κ1) is 19.8. The number of aryl methyl sites for hydroxylation is 2. The highest BCUT2D eigenvalue weighted by Crippen LogP contribution is 2.18. The highest BCUT2D eigenvalue weighted by atomic mass is 35.5. The molecule has 0 saturated heterocycles. The molecule has 0 radical (unpaired) electrons. The van der Waals surface area contributed by atoms with Crippen LogP contribution in [0.3, 0.4) is 0 Å². The van der Waals surface area contributed by atoms with Gasteiger partial charge < -0.3 is 14.8 Å². The normalized spacial score (nSPS) is 10.3. The number of hydrogen-bond donors (Lipinski definition) is 1. The number of carbonyl (C=O) groups is 2. The first-order valence-electron chi connectivity index (χ1n) is 8.31. The fraction of sp³-hybridized carbons (Fsp3) is 0.300. The zero-order valence-electron chi connectivity index (χ0n) is 14.9. The molecule has 0 aliphatic carbocycles. The number of nitrogens with one attached hydrogen (secondary N) is 1. The fourth-order valence-electron chi connectivity index (χ4n) is 2.33. The van der Waals surface area contributed by atoms with Gasteiger partial charge in [0, 0.05) is 5.02 Å². The van der Waals surface area contributed by atoms with Crippen LogP contribution in [0.25, 0.3) is 0 Å². The maximum absolute atomic E-state index is 11.7. The summed E-state index contributed by atoms with van der Waals surface area (Å²) in [4.78, 5) is 23.4. The van der Waals surface area contributed by atoms with Gasteiger partial charge in [-0.2, -0.15) is 0 Å². The lowest BCUT2D eigenvalue weighted by Crippen LogP contribution is -2.32. The van der Waals surface area contributed by atoms with Crippen molar-refractivity contribution in [2.75, 3.05) is 19.8 Å². The van der Waals surface area contributed by atoms with Crippen LogP contribution < -0.4 is 10.1 Å². The third kappa shape index (κ3) is 6.76. The average molecular weight is 376 g/mol. The van der Waals surface area contributed by atoms with Gasteiger partial charge in [0.15, 0.2) is 6.61 Å². The molecule has 2 aromatic rings. The van der Waals surface area contributed by atoms with E-state index in [0.717, 1.165) is 16.9 Å². The van der Waals surface area contributed by atoms with Gasteiger partial charge in [0.05, 0.1) is 13.0 Å². The lowest BCUT2D eigenvalue weighted by atomic mass is 10.1. The first-order chi connectivity index (χ1) is 12.4. The molecule has 26 heavy (non-hydrogen) atoms. The van der Waals surface area contributed by atoms with Crippen molar-refractivity contribution in [3.63, 3.8) is 0 Å². The molecule has 0 aliphatic heterocycles. The number of benzene rings is 2. The van der Waals surface area contributed by atoms with Crippen LogP contribution in [0, 0.1) is 13.8 Å². The van der Waals surface area contributed by atoms with Crippen LogP contribution in [0.1, 0.15) is 16.7 Å². The second-order valence-electron chi connectivity index (χ2n) is 5.93. The summed E-state index contributed by atoms with van der Waals surface area (Å²) in [6.07, 6.45) is 0.0975. The largest absolute Gasteiger partial charge is 0.491 e. The Morgan fingerprint density at radius 3 is 2.50 bits per heavy atom. The predicted octanol–water partition coefficient (Wildman–Crippen LogP) is 3.24. The van der Waals surface area contributed by atoms with Gasteiger partial charge >= 0.3 is 5.97 Å². The SMILES string of the molecule is Cc1ccc(OCCNC(=O)COC(=O)Cc2ccc(Cl)cc2)c(C)c1. The highest BCUT2D eigenvalue weighted by Gasteiger charge is 2.08. The molecule has 138 valence electrons. The van der Waals surface area contributed by atoms with Gasteiger partial charge in [0.2, 0.25) is 0 Å². The van der Waals surface area contributed by atoms with E-state index in [-0.39, 0.29) is 18.9 Å². The molecule has 6 heteroatoms. The van der Waals surface area contributed by atoms with Crippen molar-refractivity contribution >= 4 is 23.5 Å². The smallest absolute Gasteiger partial charge is 0.310 e. The number of halogens is 1.